The van der Waals surface area contributed by atoms with Crippen LogP contribution in [0.1, 0.15) is 47.0 Å². The van der Waals surface area contributed by atoms with Crippen LogP contribution in [0.2, 0.25) is 0 Å². The summed E-state index contributed by atoms with van der Waals surface area (Å²) in [6.45, 7) is 2.13. The summed E-state index contributed by atoms with van der Waals surface area (Å²) < 4.78 is 0. The predicted molar refractivity (Wildman–Crippen MR) is 90.0 cm³/mol. The van der Waals surface area contributed by atoms with Crippen molar-refractivity contribution in [1.82, 2.24) is 10.4 Å². The second kappa shape index (κ2) is 8.75. The average molecular weight is 311 g/mol. The van der Waals surface area contributed by atoms with Crippen LogP contribution in [0.25, 0.3) is 0 Å². The Kier molecular flexibility index (Phi) is 6.34. The average Bonchev–Trinajstić information content (AvgIpc) is 3.05. The molecule has 0 aromatic carbocycles. The summed E-state index contributed by atoms with van der Waals surface area (Å²) in [5.41, 5.74) is 3.68. The smallest absolute Gasteiger partial charge is 0.267 e. The van der Waals surface area contributed by atoms with Gasteiger partial charge in [0.15, 0.2) is 0 Å². The minimum Gasteiger partial charge on any atom is -0.267 e. The normalized spacial score (nSPS) is 10.2. The van der Waals surface area contributed by atoms with E-state index in [4.69, 9.17) is 0 Å². The lowest BCUT2D eigenvalue weighted by molar-refractivity contribution is 0.0954. The van der Waals surface area contributed by atoms with E-state index in [9.17, 15) is 4.79 Å². The molecule has 22 heavy (non-hydrogen) atoms. The van der Waals surface area contributed by atoms with Gasteiger partial charge < -0.3 is 0 Å². The molecule has 2 rings (SSSR count). The molecule has 4 nitrogen and oxygen atoms in total. The van der Waals surface area contributed by atoms with Gasteiger partial charge in [0.05, 0.1) is 11.8 Å². The molecule has 2 aromatic rings. The Bertz CT molecular complexity index is 696. The molecule has 0 aliphatic heterocycles. The Morgan fingerprint density at radius 2 is 2.41 bits per heavy atom. The van der Waals surface area contributed by atoms with E-state index in [-0.39, 0.29) is 5.91 Å². The highest BCUT2D eigenvalue weighted by Gasteiger charge is 2.04. The van der Waals surface area contributed by atoms with Crippen molar-refractivity contribution in [2.45, 2.75) is 26.2 Å². The highest BCUT2D eigenvalue weighted by atomic mass is 32.1. The third-order valence-electron chi connectivity index (χ3n) is 2.79. The first-order valence-corrected chi connectivity index (χ1v) is 7.98. The Balaban J connectivity index is 1.96. The lowest BCUT2D eigenvalue weighted by Gasteiger charge is -1.99. The maximum absolute atomic E-state index is 12.0. The second-order valence-corrected chi connectivity index (χ2v) is 5.56. The fourth-order valence-electron chi connectivity index (χ4n) is 1.65. The Labute approximate surface area is 134 Å². The van der Waals surface area contributed by atoms with Crippen molar-refractivity contribution < 1.29 is 4.79 Å². The number of amides is 1. The standard InChI is InChI=1S/C17H17N3OS/c1-2-3-4-5-7-14-10-15(12-18-11-14)17(21)20-19-13-16-8-6-9-22-16/h6,8-13H,2-4H2,1H3,(H,20,21). The molecule has 0 saturated carbocycles. The third kappa shape index (κ3) is 5.15. The topological polar surface area (TPSA) is 54.4 Å². The van der Waals surface area contributed by atoms with Crippen molar-refractivity contribution >= 4 is 23.5 Å². The Morgan fingerprint density at radius 3 is 3.18 bits per heavy atom. The number of nitrogens with zero attached hydrogens (tertiary/aromatic N) is 2. The number of aromatic nitrogens is 1. The number of rotatable bonds is 5. The largest absolute Gasteiger partial charge is 0.272 e. The van der Waals surface area contributed by atoms with Crippen molar-refractivity contribution in [3.8, 4) is 11.8 Å². The maximum Gasteiger partial charge on any atom is 0.272 e. The molecule has 0 unspecified atom stereocenters. The number of hydrogen-bond acceptors (Lipinski definition) is 4. The summed E-state index contributed by atoms with van der Waals surface area (Å²) in [4.78, 5) is 17.0. The van der Waals surface area contributed by atoms with Gasteiger partial charge in [-0.3, -0.25) is 9.78 Å². The van der Waals surface area contributed by atoms with Crippen LogP contribution in [0.15, 0.2) is 41.1 Å². The van der Waals surface area contributed by atoms with Gasteiger partial charge in [-0.2, -0.15) is 5.10 Å². The SMILES string of the molecule is CCCCC#Cc1cncc(C(=O)NN=Cc2cccs2)c1. The molecule has 0 atom stereocenters. The number of pyridine rings is 1. The molecule has 0 aliphatic carbocycles. The van der Waals surface area contributed by atoms with Crippen molar-refractivity contribution in [3.05, 3.63) is 52.0 Å². The Morgan fingerprint density at radius 1 is 1.50 bits per heavy atom. The van der Waals surface area contributed by atoms with E-state index in [0.717, 1.165) is 29.7 Å². The van der Waals surface area contributed by atoms with Crippen LogP contribution in [0.4, 0.5) is 0 Å². The quantitative estimate of drug-likeness (QED) is 0.398. The van der Waals surface area contributed by atoms with Gasteiger partial charge >= 0.3 is 0 Å². The first kappa shape index (κ1) is 15.9. The molecule has 112 valence electrons. The van der Waals surface area contributed by atoms with Gasteiger partial charge in [0.1, 0.15) is 0 Å². The highest BCUT2D eigenvalue weighted by molar-refractivity contribution is 7.11. The molecule has 2 heterocycles. The van der Waals surface area contributed by atoms with E-state index < -0.39 is 0 Å². The minimum atomic E-state index is -0.294. The van der Waals surface area contributed by atoms with Crippen molar-refractivity contribution in [2.75, 3.05) is 0 Å². The summed E-state index contributed by atoms with van der Waals surface area (Å²) >= 11 is 1.55. The lowest BCUT2D eigenvalue weighted by atomic mass is 10.2. The van der Waals surface area contributed by atoms with Crippen molar-refractivity contribution in [2.24, 2.45) is 5.10 Å². The molecule has 0 radical (unpaired) electrons. The minimum absolute atomic E-state index is 0.294. The monoisotopic (exact) mass is 311 g/mol. The van der Waals surface area contributed by atoms with Crippen LogP contribution < -0.4 is 5.43 Å². The molecule has 0 fully saturated rings. The van der Waals surface area contributed by atoms with Crippen LogP contribution in [-0.2, 0) is 0 Å². The number of thiophene rings is 1. The van der Waals surface area contributed by atoms with Crippen LogP contribution in [0.5, 0.6) is 0 Å². The number of unbranched alkanes of at least 4 members (excludes halogenated alkanes) is 2. The fraction of sp³-hybridized carbons (Fsp3) is 0.235. The summed E-state index contributed by atoms with van der Waals surface area (Å²) in [5, 5.41) is 5.88. The molecule has 5 heteroatoms. The molecule has 1 N–H and O–H groups in total. The van der Waals surface area contributed by atoms with Crippen LogP contribution in [0, 0.1) is 11.8 Å². The number of nitrogens with one attached hydrogen (secondary N) is 1. The first-order chi connectivity index (χ1) is 10.8. The van der Waals surface area contributed by atoms with Crippen LogP contribution >= 0.6 is 11.3 Å². The van der Waals surface area contributed by atoms with Gasteiger partial charge in [-0.1, -0.05) is 31.3 Å². The number of carbonyl (C=O) groups is 1. The summed E-state index contributed by atoms with van der Waals surface area (Å²) in [5.74, 6) is 5.81. The van der Waals surface area contributed by atoms with E-state index in [0.29, 0.717) is 5.56 Å². The van der Waals surface area contributed by atoms with Gasteiger partial charge in [-0.05, 0) is 23.9 Å². The first-order valence-electron chi connectivity index (χ1n) is 7.10. The molecule has 0 bridgehead atoms. The van der Waals surface area contributed by atoms with Gasteiger partial charge in [0.2, 0.25) is 0 Å². The molecule has 1 amide bonds. The Hall–Kier alpha value is -2.45. The number of hydrogen-bond donors (Lipinski definition) is 1. The number of carbonyl (C=O) groups excluding carboxylic acids is 1. The second-order valence-electron chi connectivity index (χ2n) is 4.58. The van der Waals surface area contributed by atoms with Gasteiger partial charge in [0.25, 0.3) is 5.91 Å². The van der Waals surface area contributed by atoms with E-state index in [1.54, 1.807) is 29.8 Å². The zero-order valence-electron chi connectivity index (χ0n) is 12.4. The predicted octanol–water partition coefficient (Wildman–Crippen LogP) is 3.45. The lowest BCUT2D eigenvalue weighted by Crippen LogP contribution is -2.17. The van der Waals surface area contributed by atoms with Gasteiger partial charge in [-0.15, -0.1) is 11.3 Å². The molecule has 0 saturated heterocycles. The highest BCUT2D eigenvalue weighted by Crippen LogP contribution is 2.05. The van der Waals surface area contributed by atoms with Crippen molar-refractivity contribution in [1.29, 1.82) is 0 Å². The van der Waals surface area contributed by atoms with Gasteiger partial charge in [0, 0.05) is 29.3 Å². The zero-order chi connectivity index (χ0) is 15.6. The fourth-order valence-corrected chi connectivity index (χ4v) is 2.23. The molecular formula is C17H17N3OS. The summed E-state index contributed by atoms with van der Waals surface area (Å²) in [7, 11) is 0. The number of hydrazone groups is 1. The maximum atomic E-state index is 12.0. The van der Waals surface area contributed by atoms with E-state index in [1.807, 2.05) is 17.5 Å². The van der Waals surface area contributed by atoms with E-state index in [2.05, 4.69) is 34.3 Å². The molecule has 2 aromatic heterocycles. The zero-order valence-corrected chi connectivity index (χ0v) is 13.2. The van der Waals surface area contributed by atoms with E-state index in [1.165, 1.54) is 6.20 Å². The third-order valence-corrected chi connectivity index (χ3v) is 3.60. The summed E-state index contributed by atoms with van der Waals surface area (Å²) in [6.07, 6.45) is 7.84. The van der Waals surface area contributed by atoms with Gasteiger partial charge in [-0.25, -0.2) is 5.43 Å². The van der Waals surface area contributed by atoms with Crippen molar-refractivity contribution in [3.63, 3.8) is 0 Å². The van der Waals surface area contributed by atoms with E-state index >= 15 is 0 Å². The molecular weight excluding hydrogens is 294 g/mol. The molecule has 0 spiro atoms. The van der Waals surface area contributed by atoms with Crippen LogP contribution in [0.3, 0.4) is 0 Å². The van der Waals surface area contributed by atoms with Crippen LogP contribution in [-0.4, -0.2) is 17.1 Å². The summed E-state index contributed by atoms with van der Waals surface area (Å²) in [6, 6.07) is 5.58. The molecule has 0 aliphatic rings.